The van der Waals surface area contributed by atoms with E-state index in [1.165, 1.54) is 18.4 Å². The molecule has 2 aromatic carbocycles. The van der Waals surface area contributed by atoms with Crippen LogP contribution in [-0.4, -0.2) is 30.8 Å². The minimum Gasteiger partial charge on any atom is -0.306 e. The summed E-state index contributed by atoms with van der Waals surface area (Å²) in [4.78, 5) is 14.6. The number of carbonyl (C=O) groups excluding carboxylic acids is 1. The number of ketones is 1. The first kappa shape index (κ1) is 15.7. The molecule has 0 unspecified atom stereocenters. The van der Waals surface area contributed by atoms with Crippen LogP contribution in [0.25, 0.3) is 6.08 Å². The molecule has 0 amide bonds. The quantitative estimate of drug-likeness (QED) is 0.616. The van der Waals surface area contributed by atoms with Crippen molar-refractivity contribution in [2.75, 3.05) is 20.1 Å². The van der Waals surface area contributed by atoms with Gasteiger partial charge in [0.15, 0.2) is 5.78 Å². The molecule has 0 N–H and O–H groups in total. The summed E-state index contributed by atoms with van der Waals surface area (Å²) in [6.07, 6.45) is 5.93. The number of hydrogen-bond donors (Lipinski definition) is 0. The van der Waals surface area contributed by atoms with Crippen molar-refractivity contribution >= 4 is 11.9 Å². The summed E-state index contributed by atoms with van der Waals surface area (Å²) < 4.78 is 0. The third-order valence-electron chi connectivity index (χ3n) is 4.61. The number of nitrogens with zero attached hydrogens (tertiary/aromatic N) is 1. The first-order valence-corrected chi connectivity index (χ1v) is 8.28. The molecule has 118 valence electrons. The van der Waals surface area contributed by atoms with Gasteiger partial charge in [-0.3, -0.25) is 4.79 Å². The van der Waals surface area contributed by atoms with Crippen molar-refractivity contribution in [2.24, 2.45) is 0 Å². The van der Waals surface area contributed by atoms with Gasteiger partial charge in [0.25, 0.3) is 0 Å². The fourth-order valence-electron chi connectivity index (χ4n) is 3.09. The molecule has 3 rings (SSSR count). The van der Waals surface area contributed by atoms with Gasteiger partial charge >= 0.3 is 0 Å². The van der Waals surface area contributed by atoms with Gasteiger partial charge in [-0.15, -0.1) is 0 Å². The van der Waals surface area contributed by atoms with Gasteiger partial charge < -0.3 is 4.90 Å². The van der Waals surface area contributed by atoms with Gasteiger partial charge in [0, 0.05) is 5.56 Å². The number of carbonyl (C=O) groups is 1. The Morgan fingerprint density at radius 1 is 1.00 bits per heavy atom. The molecular weight excluding hydrogens is 282 g/mol. The molecule has 1 heterocycles. The Bertz CT molecular complexity index is 665. The molecule has 23 heavy (non-hydrogen) atoms. The fourth-order valence-corrected chi connectivity index (χ4v) is 3.09. The van der Waals surface area contributed by atoms with Gasteiger partial charge in [-0.2, -0.15) is 0 Å². The monoisotopic (exact) mass is 305 g/mol. The Hall–Kier alpha value is -2.19. The summed E-state index contributed by atoms with van der Waals surface area (Å²) in [6.45, 7) is 2.32. The zero-order chi connectivity index (χ0) is 16.1. The Labute approximate surface area is 138 Å². The van der Waals surface area contributed by atoms with Crippen LogP contribution in [-0.2, 0) is 0 Å². The summed E-state index contributed by atoms with van der Waals surface area (Å²) in [7, 11) is 2.18. The lowest BCUT2D eigenvalue weighted by molar-refractivity contribution is 0.104. The van der Waals surface area contributed by atoms with Crippen molar-refractivity contribution in [3.63, 3.8) is 0 Å². The maximum Gasteiger partial charge on any atom is 0.185 e. The Balaban J connectivity index is 1.65. The van der Waals surface area contributed by atoms with Crippen LogP contribution in [0.2, 0.25) is 0 Å². The maximum absolute atomic E-state index is 12.3. The fraction of sp³-hybridized carbons (Fsp3) is 0.286. The molecular formula is C21H23NO. The third kappa shape index (κ3) is 4.17. The molecule has 2 heteroatoms. The zero-order valence-corrected chi connectivity index (χ0v) is 13.6. The maximum atomic E-state index is 12.3. The van der Waals surface area contributed by atoms with Crippen molar-refractivity contribution < 1.29 is 4.79 Å². The lowest BCUT2D eigenvalue weighted by atomic mass is 9.89. The van der Waals surface area contributed by atoms with Gasteiger partial charge in [-0.25, -0.2) is 0 Å². The molecule has 1 aliphatic heterocycles. The largest absolute Gasteiger partial charge is 0.306 e. The topological polar surface area (TPSA) is 20.3 Å². The Morgan fingerprint density at radius 2 is 1.65 bits per heavy atom. The van der Waals surface area contributed by atoms with Crippen molar-refractivity contribution in [2.45, 2.75) is 18.8 Å². The highest BCUT2D eigenvalue weighted by Crippen LogP contribution is 2.27. The average molecular weight is 305 g/mol. The van der Waals surface area contributed by atoms with E-state index in [2.05, 4.69) is 24.1 Å². The lowest BCUT2D eigenvalue weighted by Gasteiger charge is -2.29. The van der Waals surface area contributed by atoms with Gasteiger partial charge in [0.2, 0.25) is 0 Å². The van der Waals surface area contributed by atoms with E-state index in [9.17, 15) is 4.79 Å². The van der Waals surface area contributed by atoms with Gasteiger partial charge in [-0.1, -0.05) is 60.7 Å². The molecule has 0 aliphatic carbocycles. The standard InChI is InChI=1S/C21H23NO/c1-22-15-13-19(14-16-22)18-8-10-20(11-9-18)21(23)12-7-17-5-3-2-4-6-17/h2-12,19H,13-16H2,1H3/b12-7+. The predicted octanol–water partition coefficient (Wildman–Crippen LogP) is 4.39. The summed E-state index contributed by atoms with van der Waals surface area (Å²) in [5, 5.41) is 0. The molecule has 0 aromatic heterocycles. The van der Waals surface area contributed by atoms with E-state index >= 15 is 0 Å². The second-order valence-corrected chi connectivity index (χ2v) is 6.31. The smallest absolute Gasteiger partial charge is 0.185 e. The number of likely N-dealkylation sites (tertiary alicyclic amines) is 1. The highest BCUT2D eigenvalue weighted by Gasteiger charge is 2.18. The van der Waals surface area contributed by atoms with E-state index in [4.69, 9.17) is 0 Å². The van der Waals surface area contributed by atoms with Crippen LogP contribution >= 0.6 is 0 Å². The normalized spacial score (nSPS) is 16.7. The second-order valence-electron chi connectivity index (χ2n) is 6.31. The van der Waals surface area contributed by atoms with Crippen molar-refractivity contribution in [3.05, 3.63) is 77.4 Å². The SMILES string of the molecule is CN1CCC(c2ccc(C(=O)/C=C/c3ccccc3)cc2)CC1. The van der Waals surface area contributed by atoms with E-state index in [1.807, 2.05) is 48.5 Å². The van der Waals surface area contributed by atoms with Gasteiger partial charge in [-0.05, 0) is 56.1 Å². The first-order valence-electron chi connectivity index (χ1n) is 8.28. The van der Waals surface area contributed by atoms with Crippen LogP contribution < -0.4 is 0 Å². The number of piperidine rings is 1. The van der Waals surface area contributed by atoms with Crippen LogP contribution in [0.3, 0.4) is 0 Å². The summed E-state index contributed by atoms with van der Waals surface area (Å²) in [6, 6.07) is 18.1. The number of benzene rings is 2. The predicted molar refractivity (Wildman–Crippen MR) is 95.7 cm³/mol. The summed E-state index contributed by atoms with van der Waals surface area (Å²) in [5.41, 5.74) is 3.17. The van der Waals surface area contributed by atoms with Crippen LogP contribution in [0.1, 0.15) is 40.2 Å². The second kappa shape index (κ2) is 7.38. The van der Waals surface area contributed by atoms with E-state index in [0.717, 1.165) is 24.2 Å². The third-order valence-corrected chi connectivity index (χ3v) is 4.61. The number of hydrogen-bond acceptors (Lipinski definition) is 2. The van der Waals surface area contributed by atoms with E-state index in [0.29, 0.717) is 5.92 Å². The van der Waals surface area contributed by atoms with E-state index in [1.54, 1.807) is 6.08 Å². The van der Waals surface area contributed by atoms with E-state index in [-0.39, 0.29) is 5.78 Å². The molecule has 0 radical (unpaired) electrons. The Morgan fingerprint density at radius 3 is 2.30 bits per heavy atom. The number of rotatable bonds is 4. The van der Waals surface area contributed by atoms with Crippen molar-refractivity contribution in [1.82, 2.24) is 4.90 Å². The van der Waals surface area contributed by atoms with Crippen molar-refractivity contribution in [3.8, 4) is 0 Å². The Kier molecular flexibility index (Phi) is 5.04. The molecule has 2 nitrogen and oxygen atoms in total. The zero-order valence-electron chi connectivity index (χ0n) is 13.6. The van der Waals surface area contributed by atoms with Gasteiger partial charge in [0.05, 0.1) is 0 Å². The van der Waals surface area contributed by atoms with Crippen LogP contribution in [0, 0.1) is 0 Å². The van der Waals surface area contributed by atoms with Crippen LogP contribution in [0.15, 0.2) is 60.7 Å². The molecule has 0 atom stereocenters. The summed E-state index contributed by atoms with van der Waals surface area (Å²) in [5.74, 6) is 0.694. The number of allylic oxidation sites excluding steroid dienone is 1. The molecule has 1 fully saturated rings. The molecule has 0 bridgehead atoms. The molecule has 0 saturated carbocycles. The molecule has 1 aliphatic rings. The minimum atomic E-state index is 0.0591. The first-order chi connectivity index (χ1) is 11.2. The highest BCUT2D eigenvalue weighted by atomic mass is 16.1. The molecule has 1 saturated heterocycles. The van der Waals surface area contributed by atoms with E-state index < -0.39 is 0 Å². The molecule has 2 aromatic rings. The van der Waals surface area contributed by atoms with Crippen molar-refractivity contribution in [1.29, 1.82) is 0 Å². The van der Waals surface area contributed by atoms with Crippen LogP contribution in [0.5, 0.6) is 0 Å². The summed E-state index contributed by atoms with van der Waals surface area (Å²) >= 11 is 0. The highest BCUT2D eigenvalue weighted by molar-refractivity contribution is 6.06. The minimum absolute atomic E-state index is 0.0591. The average Bonchev–Trinajstić information content (AvgIpc) is 2.61. The van der Waals surface area contributed by atoms with Crippen LogP contribution in [0.4, 0.5) is 0 Å². The molecule has 0 spiro atoms. The lowest BCUT2D eigenvalue weighted by Crippen LogP contribution is -2.29. The van der Waals surface area contributed by atoms with Gasteiger partial charge in [0.1, 0.15) is 0 Å².